The first kappa shape index (κ1) is 17.7. The maximum atomic E-state index is 12.6. The molecule has 1 heterocycles. The molecule has 0 unspecified atom stereocenters. The Morgan fingerprint density at radius 2 is 1.88 bits per heavy atom. The zero-order valence-corrected chi connectivity index (χ0v) is 14.8. The lowest BCUT2D eigenvalue weighted by atomic mass is 10.1. The van der Waals surface area contributed by atoms with Crippen molar-refractivity contribution in [2.24, 2.45) is 0 Å². The van der Waals surface area contributed by atoms with Gasteiger partial charge in [0.1, 0.15) is 18.0 Å². The normalized spacial score (nSPS) is 10.6. The fourth-order valence-electron chi connectivity index (χ4n) is 2.40. The van der Waals surface area contributed by atoms with E-state index in [0.717, 1.165) is 9.36 Å². The van der Waals surface area contributed by atoms with Gasteiger partial charge in [-0.3, -0.25) is 4.79 Å². The SMILES string of the molecule is COc1ccc(C(=O)Cn2nnn(-c3ccccc3Cl)c2=O)c(OC)c1. The Balaban J connectivity index is 1.90. The van der Waals surface area contributed by atoms with Crippen molar-refractivity contribution in [3.63, 3.8) is 0 Å². The van der Waals surface area contributed by atoms with Gasteiger partial charge >= 0.3 is 5.69 Å². The molecule has 0 aliphatic heterocycles. The minimum Gasteiger partial charge on any atom is -0.497 e. The molecule has 0 aliphatic carbocycles. The molecule has 0 bridgehead atoms. The summed E-state index contributed by atoms with van der Waals surface area (Å²) < 4.78 is 12.3. The molecule has 0 saturated carbocycles. The number of ether oxygens (including phenoxy) is 2. The highest BCUT2D eigenvalue weighted by Crippen LogP contribution is 2.25. The number of para-hydroxylation sites is 1. The number of tetrazole rings is 1. The first-order valence-electron chi connectivity index (χ1n) is 7.58. The van der Waals surface area contributed by atoms with Gasteiger partial charge in [-0.25, -0.2) is 4.79 Å². The van der Waals surface area contributed by atoms with Crippen LogP contribution in [0.5, 0.6) is 11.5 Å². The lowest BCUT2D eigenvalue weighted by Gasteiger charge is -2.09. The first-order valence-corrected chi connectivity index (χ1v) is 7.96. The van der Waals surface area contributed by atoms with Crippen molar-refractivity contribution >= 4 is 17.4 Å². The fraction of sp³-hybridized carbons (Fsp3) is 0.176. The van der Waals surface area contributed by atoms with Crippen LogP contribution in [-0.4, -0.2) is 39.8 Å². The third-order valence-corrected chi connectivity index (χ3v) is 4.04. The van der Waals surface area contributed by atoms with E-state index in [0.29, 0.717) is 27.8 Å². The largest absolute Gasteiger partial charge is 0.497 e. The molecule has 134 valence electrons. The van der Waals surface area contributed by atoms with Crippen molar-refractivity contribution in [1.29, 1.82) is 0 Å². The number of ketones is 1. The van der Waals surface area contributed by atoms with E-state index in [9.17, 15) is 9.59 Å². The van der Waals surface area contributed by atoms with Crippen LogP contribution in [0, 0.1) is 0 Å². The molecular formula is C17H15ClN4O4. The van der Waals surface area contributed by atoms with E-state index in [4.69, 9.17) is 21.1 Å². The standard InChI is InChI=1S/C17H15ClN4O4/c1-25-11-7-8-12(16(9-11)26-2)15(23)10-21-17(24)22(20-19-21)14-6-4-3-5-13(14)18/h3-9H,10H2,1-2H3. The summed E-state index contributed by atoms with van der Waals surface area (Å²) in [4.78, 5) is 25.1. The Labute approximate surface area is 153 Å². The molecular weight excluding hydrogens is 360 g/mol. The second kappa shape index (κ2) is 7.40. The third-order valence-electron chi connectivity index (χ3n) is 3.72. The summed E-state index contributed by atoms with van der Waals surface area (Å²) in [6, 6.07) is 11.5. The van der Waals surface area contributed by atoms with E-state index in [1.54, 1.807) is 42.5 Å². The minimum absolute atomic E-state index is 0.286. The summed E-state index contributed by atoms with van der Waals surface area (Å²) in [5, 5.41) is 7.90. The van der Waals surface area contributed by atoms with Gasteiger partial charge < -0.3 is 9.47 Å². The minimum atomic E-state index is -0.570. The number of benzene rings is 2. The summed E-state index contributed by atoms with van der Waals surface area (Å²) in [5.74, 6) is 0.555. The monoisotopic (exact) mass is 374 g/mol. The Hall–Kier alpha value is -3.13. The highest BCUT2D eigenvalue weighted by molar-refractivity contribution is 6.32. The molecule has 1 aromatic heterocycles. The predicted molar refractivity (Wildman–Crippen MR) is 94.5 cm³/mol. The molecule has 8 nitrogen and oxygen atoms in total. The number of methoxy groups -OCH3 is 2. The van der Waals surface area contributed by atoms with Gasteiger partial charge in [0.15, 0.2) is 5.78 Å². The maximum absolute atomic E-state index is 12.6. The first-order chi connectivity index (χ1) is 12.5. The van der Waals surface area contributed by atoms with Crippen LogP contribution in [-0.2, 0) is 6.54 Å². The molecule has 0 N–H and O–H groups in total. The highest BCUT2D eigenvalue weighted by atomic mass is 35.5. The van der Waals surface area contributed by atoms with Crippen LogP contribution in [0.15, 0.2) is 47.3 Å². The Kier molecular flexibility index (Phi) is 5.04. The van der Waals surface area contributed by atoms with Gasteiger partial charge in [0, 0.05) is 6.07 Å². The van der Waals surface area contributed by atoms with Gasteiger partial charge in [-0.05, 0) is 34.7 Å². The van der Waals surface area contributed by atoms with Crippen molar-refractivity contribution in [1.82, 2.24) is 19.8 Å². The van der Waals surface area contributed by atoms with Crippen LogP contribution in [0.25, 0.3) is 5.69 Å². The topological polar surface area (TPSA) is 88.2 Å². The number of Topliss-reactive ketones (excluding diaryl/α,β-unsaturated/α-hetero) is 1. The third kappa shape index (κ3) is 3.31. The Morgan fingerprint density at radius 1 is 1.12 bits per heavy atom. The lowest BCUT2D eigenvalue weighted by Crippen LogP contribution is -2.27. The van der Waals surface area contributed by atoms with Crippen molar-refractivity contribution in [3.8, 4) is 17.2 Å². The van der Waals surface area contributed by atoms with Crippen LogP contribution in [0.4, 0.5) is 0 Å². The molecule has 0 fully saturated rings. The van der Waals surface area contributed by atoms with Gasteiger partial charge in [-0.1, -0.05) is 23.7 Å². The summed E-state index contributed by atoms with van der Waals surface area (Å²) in [5.41, 5.74) is 0.131. The van der Waals surface area contributed by atoms with Gasteiger partial charge in [0.05, 0.1) is 30.5 Å². The maximum Gasteiger partial charge on any atom is 0.368 e. The fourth-order valence-corrected chi connectivity index (χ4v) is 2.61. The van der Waals surface area contributed by atoms with Crippen molar-refractivity contribution < 1.29 is 14.3 Å². The van der Waals surface area contributed by atoms with Gasteiger partial charge in [-0.2, -0.15) is 9.36 Å². The van der Waals surface area contributed by atoms with E-state index in [2.05, 4.69) is 10.4 Å². The summed E-state index contributed by atoms with van der Waals surface area (Å²) in [6.45, 7) is -0.286. The average Bonchev–Trinajstić information content (AvgIpc) is 3.01. The lowest BCUT2D eigenvalue weighted by molar-refractivity contribution is 0.0962. The van der Waals surface area contributed by atoms with E-state index in [-0.39, 0.29) is 12.3 Å². The molecule has 9 heteroatoms. The number of nitrogens with zero attached hydrogens (tertiary/aromatic N) is 4. The second-order valence-corrected chi connectivity index (χ2v) is 5.68. The van der Waals surface area contributed by atoms with Gasteiger partial charge in [-0.15, -0.1) is 0 Å². The number of hydrogen-bond donors (Lipinski definition) is 0. The molecule has 3 rings (SSSR count). The van der Waals surface area contributed by atoms with Crippen molar-refractivity contribution in [2.45, 2.75) is 6.54 Å². The molecule has 0 amide bonds. The van der Waals surface area contributed by atoms with E-state index in [1.165, 1.54) is 14.2 Å². The highest BCUT2D eigenvalue weighted by Gasteiger charge is 2.18. The zero-order valence-electron chi connectivity index (χ0n) is 14.0. The van der Waals surface area contributed by atoms with Crippen LogP contribution in [0.1, 0.15) is 10.4 Å². The van der Waals surface area contributed by atoms with E-state index in [1.807, 2.05) is 0 Å². The molecule has 0 radical (unpaired) electrons. The van der Waals surface area contributed by atoms with Crippen molar-refractivity contribution in [2.75, 3.05) is 14.2 Å². The Bertz CT molecular complexity index is 1010. The number of carbonyl (C=O) groups excluding carboxylic acids is 1. The van der Waals surface area contributed by atoms with Crippen LogP contribution < -0.4 is 15.2 Å². The molecule has 0 aliphatic rings. The number of hydrogen-bond acceptors (Lipinski definition) is 6. The van der Waals surface area contributed by atoms with E-state index >= 15 is 0 Å². The zero-order chi connectivity index (χ0) is 18.7. The van der Waals surface area contributed by atoms with Gasteiger partial charge in [0.25, 0.3) is 0 Å². The van der Waals surface area contributed by atoms with Crippen molar-refractivity contribution in [3.05, 3.63) is 63.5 Å². The molecule has 0 saturated heterocycles. The number of carbonyl (C=O) groups is 1. The Morgan fingerprint density at radius 3 is 2.58 bits per heavy atom. The molecule has 0 atom stereocenters. The molecule has 0 spiro atoms. The molecule has 3 aromatic rings. The van der Waals surface area contributed by atoms with Gasteiger partial charge in [0.2, 0.25) is 0 Å². The van der Waals surface area contributed by atoms with E-state index < -0.39 is 5.69 Å². The quantitative estimate of drug-likeness (QED) is 0.613. The summed E-state index contributed by atoms with van der Waals surface area (Å²) in [6.07, 6.45) is 0. The van der Waals surface area contributed by atoms with Crippen LogP contribution >= 0.6 is 11.6 Å². The molecule has 26 heavy (non-hydrogen) atoms. The molecule has 2 aromatic carbocycles. The summed E-state index contributed by atoms with van der Waals surface area (Å²) in [7, 11) is 2.97. The predicted octanol–water partition coefficient (Wildman–Crippen LogP) is 1.98. The number of aromatic nitrogens is 4. The van der Waals surface area contributed by atoms with Crippen LogP contribution in [0.2, 0.25) is 5.02 Å². The number of rotatable bonds is 6. The second-order valence-electron chi connectivity index (χ2n) is 5.27. The number of halogens is 1. The van der Waals surface area contributed by atoms with Crippen LogP contribution in [0.3, 0.4) is 0 Å². The smallest absolute Gasteiger partial charge is 0.368 e. The average molecular weight is 375 g/mol. The summed E-state index contributed by atoms with van der Waals surface area (Å²) >= 11 is 6.08.